The highest BCUT2D eigenvalue weighted by Crippen LogP contribution is 2.28. The molecule has 0 aliphatic carbocycles. The standard InChI is InChI=1S/C32H28N12O6S2.2H3N/c33-27-39-29(35-21-7-3-1-4-8-21)43-31(41-27)37-23-15-13-19(25(17-23)51(45,46)47)11-12-20-14-16-24(18-26(20)52(48,49)50)38-32-42-28(34)40-30(44-32)36-22-9-5-2-6-10-22;;/h1-18H,(H,45,46,47)(H,48,49,50)(H4,33,35,37,39,41,43)(H4,34,36,38,40,42,44);2*1H3/b12-11+;;. The van der Waals surface area contributed by atoms with Gasteiger partial charge in [0.2, 0.25) is 35.7 Å². The Morgan fingerprint density at radius 2 is 0.778 bits per heavy atom. The summed E-state index contributed by atoms with van der Waals surface area (Å²) in [7, 11) is -10.1. The quantitative estimate of drug-likeness (QED) is 0.0603. The van der Waals surface area contributed by atoms with Gasteiger partial charge in [-0.1, -0.05) is 60.7 Å². The molecular weight excluding hydrogens is 741 g/mol. The normalized spacial score (nSPS) is 11.2. The van der Waals surface area contributed by atoms with E-state index in [4.69, 9.17) is 11.5 Å². The van der Waals surface area contributed by atoms with Gasteiger partial charge >= 0.3 is 0 Å². The van der Waals surface area contributed by atoms with E-state index < -0.39 is 30.0 Å². The number of nitrogens with zero attached hydrogens (tertiary/aromatic N) is 6. The van der Waals surface area contributed by atoms with Crippen molar-refractivity contribution in [1.29, 1.82) is 0 Å². The van der Waals surface area contributed by atoms with E-state index >= 15 is 0 Å². The van der Waals surface area contributed by atoms with Crippen LogP contribution in [0.25, 0.3) is 12.2 Å². The summed E-state index contributed by atoms with van der Waals surface area (Å²) in [4.78, 5) is 23.2. The predicted molar refractivity (Wildman–Crippen MR) is 204 cm³/mol. The van der Waals surface area contributed by atoms with Crippen molar-refractivity contribution in [3.05, 3.63) is 108 Å². The first-order valence-corrected chi connectivity index (χ1v) is 17.7. The molecule has 4 aromatic carbocycles. The Morgan fingerprint density at radius 3 is 1.09 bits per heavy atom. The van der Waals surface area contributed by atoms with Crippen LogP contribution in [0.3, 0.4) is 0 Å². The van der Waals surface area contributed by atoms with Gasteiger partial charge in [0, 0.05) is 22.7 Å². The van der Waals surface area contributed by atoms with Crippen molar-refractivity contribution in [2.24, 2.45) is 0 Å². The summed E-state index contributed by atoms with van der Waals surface area (Å²) in [5.74, 6) is -0.174. The second kappa shape index (κ2) is 16.7. The molecule has 0 aliphatic heterocycles. The molecule has 0 bridgehead atoms. The van der Waals surface area contributed by atoms with Crippen molar-refractivity contribution in [3.63, 3.8) is 0 Å². The second-order valence-electron chi connectivity index (χ2n) is 10.7. The molecule has 16 N–H and O–H groups in total. The van der Waals surface area contributed by atoms with Gasteiger partial charge in [0.25, 0.3) is 0 Å². The van der Waals surface area contributed by atoms with E-state index in [0.29, 0.717) is 11.4 Å². The third kappa shape index (κ3) is 10.4. The molecule has 0 atom stereocenters. The molecule has 280 valence electrons. The molecule has 0 radical (unpaired) electrons. The minimum Gasteiger partial charge on any atom is -0.744 e. The number of quaternary nitrogens is 2. The maximum Gasteiger partial charge on any atom is 0.233 e. The number of para-hydroxylation sites is 2. The number of hydrogen-bond acceptors (Lipinski definition) is 18. The lowest BCUT2D eigenvalue weighted by molar-refractivity contribution is 0.460. The van der Waals surface area contributed by atoms with Crippen LogP contribution < -0.4 is 45.0 Å². The topological polar surface area (TPSA) is 365 Å². The summed E-state index contributed by atoms with van der Waals surface area (Å²) < 4.78 is 73.8. The average molecular weight is 775 g/mol. The number of hydrogen-bond donors (Lipinski definition) is 8. The van der Waals surface area contributed by atoms with E-state index in [1.54, 1.807) is 48.5 Å². The van der Waals surface area contributed by atoms with Crippen LogP contribution in [0.2, 0.25) is 0 Å². The number of aromatic nitrogens is 6. The van der Waals surface area contributed by atoms with E-state index in [-0.39, 0.29) is 70.5 Å². The first-order chi connectivity index (χ1) is 24.8. The molecule has 6 aromatic rings. The fourth-order valence-corrected chi connectivity index (χ4v) is 6.07. The van der Waals surface area contributed by atoms with Crippen molar-refractivity contribution >= 4 is 90.8 Å². The zero-order chi connectivity index (χ0) is 36.9. The van der Waals surface area contributed by atoms with Gasteiger partial charge in [0.1, 0.15) is 20.2 Å². The molecule has 0 aliphatic rings. The van der Waals surface area contributed by atoms with Crippen molar-refractivity contribution in [2.75, 3.05) is 32.7 Å². The van der Waals surface area contributed by atoms with Crippen LogP contribution >= 0.6 is 0 Å². The number of benzene rings is 4. The Morgan fingerprint density at radius 1 is 0.463 bits per heavy atom. The number of nitrogens with two attached hydrogens (primary N) is 2. The molecule has 6 rings (SSSR count). The molecule has 22 heteroatoms. The molecule has 0 saturated carbocycles. The van der Waals surface area contributed by atoms with E-state index in [0.717, 1.165) is 12.1 Å². The molecule has 0 amide bonds. The molecular formula is C32H34N14O6S2. The molecule has 0 fully saturated rings. The Kier molecular flexibility index (Phi) is 12.3. The number of rotatable bonds is 12. The van der Waals surface area contributed by atoms with E-state index in [1.165, 1.54) is 36.4 Å². The molecule has 2 heterocycles. The van der Waals surface area contributed by atoms with Crippen LogP contribution in [0.4, 0.5) is 58.4 Å². The second-order valence-corrected chi connectivity index (χ2v) is 13.4. The van der Waals surface area contributed by atoms with Gasteiger partial charge in [-0.05, 0) is 59.7 Å². The maximum atomic E-state index is 12.3. The lowest BCUT2D eigenvalue weighted by Crippen LogP contribution is -2.08. The summed E-state index contributed by atoms with van der Waals surface area (Å²) in [5.41, 5.74) is 13.0. The summed E-state index contributed by atoms with van der Waals surface area (Å²) in [6.07, 6.45) is 2.37. The zero-order valence-electron chi connectivity index (χ0n) is 28.5. The highest BCUT2D eigenvalue weighted by Gasteiger charge is 2.14. The van der Waals surface area contributed by atoms with E-state index in [2.05, 4.69) is 51.2 Å². The molecule has 2 aromatic heterocycles. The number of nitrogens with one attached hydrogen (secondary N) is 4. The van der Waals surface area contributed by atoms with Crippen molar-refractivity contribution < 1.29 is 25.9 Å². The SMILES string of the molecule is Nc1nc(Nc2ccccc2)nc(Nc2ccc(/C=C/c3ccc(Nc4nc(N)nc(Nc5ccccc5)n4)cc3S(=O)(=O)[O-])c(S(=O)(=O)[O-])c2)n1.[NH4+].[NH4+]. The first kappa shape index (κ1) is 40.0. The van der Waals surface area contributed by atoms with Gasteiger partial charge < -0.3 is 54.1 Å². The van der Waals surface area contributed by atoms with E-state index in [9.17, 15) is 25.9 Å². The predicted octanol–water partition coefficient (Wildman–Crippen LogP) is 4.93. The van der Waals surface area contributed by atoms with Crippen molar-refractivity contribution in [3.8, 4) is 0 Å². The molecule has 20 nitrogen and oxygen atoms in total. The van der Waals surface area contributed by atoms with Crippen LogP contribution in [0.5, 0.6) is 0 Å². The Balaban J connectivity index is 0.00000325. The highest BCUT2D eigenvalue weighted by molar-refractivity contribution is 7.86. The van der Waals surface area contributed by atoms with Crippen LogP contribution in [0.1, 0.15) is 11.1 Å². The van der Waals surface area contributed by atoms with Crippen LogP contribution in [0, 0.1) is 0 Å². The van der Waals surface area contributed by atoms with Crippen molar-refractivity contribution in [1.82, 2.24) is 42.2 Å². The number of nitrogen functional groups attached to an aromatic ring is 2. The van der Waals surface area contributed by atoms with Gasteiger partial charge in [0.05, 0.1) is 9.79 Å². The highest BCUT2D eigenvalue weighted by atomic mass is 32.2. The minimum atomic E-state index is -5.07. The first-order valence-electron chi connectivity index (χ1n) is 14.9. The summed E-state index contributed by atoms with van der Waals surface area (Å²) in [6.45, 7) is 0. The molecule has 54 heavy (non-hydrogen) atoms. The van der Waals surface area contributed by atoms with E-state index in [1.807, 2.05) is 12.1 Å². The van der Waals surface area contributed by atoms with Crippen LogP contribution in [0.15, 0.2) is 107 Å². The van der Waals surface area contributed by atoms with Gasteiger partial charge in [0.15, 0.2) is 0 Å². The zero-order valence-corrected chi connectivity index (χ0v) is 30.1. The fraction of sp³-hybridized carbons (Fsp3) is 0. The van der Waals surface area contributed by atoms with Gasteiger partial charge in [-0.25, -0.2) is 16.8 Å². The number of anilines is 10. The summed E-state index contributed by atoms with van der Waals surface area (Å²) in [6, 6.07) is 25.5. The van der Waals surface area contributed by atoms with Crippen molar-refractivity contribution in [2.45, 2.75) is 9.79 Å². The third-order valence-corrected chi connectivity index (χ3v) is 8.67. The fourth-order valence-electron chi connectivity index (χ4n) is 4.68. The Bertz CT molecular complexity index is 2340. The maximum absolute atomic E-state index is 12.3. The van der Waals surface area contributed by atoms with Crippen LogP contribution in [-0.4, -0.2) is 55.8 Å². The third-order valence-electron chi connectivity index (χ3n) is 6.89. The Hall–Kier alpha value is -6.82. The van der Waals surface area contributed by atoms with Gasteiger partial charge in [-0.3, -0.25) is 0 Å². The monoisotopic (exact) mass is 774 g/mol. The van der Waals surface area contributed by atoms with Gasteiger partial charge in [-0.2, -0.15) is 29.9 Å². The summed E-state index contributed by atoms with van der Waals surface area (Å²) in [5, 5.41) is 11.5. The smallest absolute Gasteiger partial charge is 0.233 e. The average Bonchev–Trinajstić information content (AvgIpc) is 3.07. The lowest BCUT2D eigenvalue weighted by atomic mass is 10.1. The molecule has 0 saturated heterocycles. The van der Waals surface area contributed by atoms with Crippen LogP contribution in [-0.2, 0) is 20.2 Å². The summed E-state index contributed by atoms with van der Waals surface area (Å²) >= 11 is 0. The largest absolute Gasteiger partial charge is 0.744 e. The lowest BCUT2D eigenvalue weighted by Gasteiger charge is -2.15. The minimum absolute atomic E-state index is 0. The van der Waals surface area contributed by atoms with Gasteiger partial charge in [-0.15, -0.1) is 0 Å². The Labute approximate surface area is 308 Å². The molecule has 0 spiro atoms. The molecule has 0 unspecified atom stereocenters.